The third kappa shape index (κ3) is 4.84. The Bertz CT molecular complexity index is 400. The van der Waals surface area contributed by atoms with Gasteiger partial charge in [0.15, 0.2) is 0 Å². The Morgan fingerprint density at radius 2 is 2.00 bits per heavy atom. The summed E-state index contributed by atoms with van der Waals surface area (Å²) in [6.07, 6.45) is 0. The number of hydrogen-bond acceptors (Lipinski definition) is 3. The van der Waals surface area contributed by atoms with Crippen molar-refractivity contribution < 1.29 is 4.74 Å². The highest BCUT2D eigenvalue weighted by molar-refractivity contribution is 5.39. The molecule has 0 aliphatic rings. The first-order chi connectivity index (χ1) is 8.89. The average Bonchev–Trinajstić information content (AvgIpc) is 2.38. The molecule has 3 N–H and O–H groups in total. The summed E-state index contributed by atoms with van der Waals surface area (Å²) in [6.45, 7) is 11.2. The summed E-state index contributed by atoms with van der Waals surface area (Å²) < 4.78 is 5.40. The lowest BCUT2D eigenvalue weighted by Gasteiger charge is -2.23. The lowest BCUT2D eigenvalue weighted by atomic mass is 9.93. The third-order valence-corrected chi connectivity index (χ3v) is 3.40. The molecule has 0 saturated carbocycles. The Hall–Kier alpha value is -1.06. The third-order valence-electron chi connectivity index (χ3n) is 3.40. The molecule has 0 saturated heterocycles. The molecule has 0 heterocycles. The monoisotopic (exact) mass is 264 g/mol. The number of methoxy groups -OCH3 is 1. The molecule has 0 aliphatic carbocycles. The van der Waals surface area contributed by atoms with E-state index in [9.17, 15) is 0 Å². The highest BCUT2D eigenvalue weighted by Crippen LogP contribution is 2.27. The van der Waals surface area contributed by atoms with Crippen LogP contribution >= 0.6 is 0 Å². The molecule has 0 atom stereocenters. The van der Waals surface area contributed by atoms with Gasteiger partial charge in [0.2, 0.25) is 0 Å². The van der Waals surface area contributed by atoms with Crippen LogP contribution in [0.4, 0.5) is 0 Å². The van der Waals surface area contributed by atoms with Crippen molar-refractivity contribution in [2.24, 2.45) is 11.1 Å². The molecule has 0 aliphatic heterocycles. The van der Waals surface area contributed by atoms with Crippen LogP contribution < -0.4 is 15.8 Å². The normalized spacial score (nSPS) is 11.9. The molecule has 1 aromatic carbocycles. The second-order valence-corrected chi connectivity index (χ2v) is 6.20. The van der Waals surface area contributed by atoms with Gasteiger partial charge >= 0.3 is 0 Å². The number of rotatable bonds is 7. The maximum Gasteiger partial charge on any atom is 0.122 e. The zero-order chi connectivity index (χ0) is 14.5. The average molecular weight is 264 g/mol. The summed E-state index contributed by atoms with van der Waals surface area (Å²) in [6, 6.07) is 6.40. The molecule has 0 bridgehead atoms. The minimum absolute atomic E-state index is 0.146. The fourth-order valence-electron chi connectivity index (χ4n) is 1.96. The zero-order valence-electron chi connectivity index (χ0n) is 12.9. The van der Waals surface area contributed by atoms with Gasteiger partial charge in [0.1, 0.15) is 5.75 Å². The number of ether oxygens (including phenoxy) is 1. The van der Waals surface area contributed by atoms with Gasteiger partial charge in [0.25, 0.3) is 0 Å². The summed E-state index contributed by atoms with van der Waals surface area (Å²) in [5.41, 5.74) is 8.43. The van der Waals surface area contributed by atoms with Crippen molar-refractivity contribution in [1.82, 2.24) is 5.32 Å². The van der Waals surface area contributed by atoms with Crippen molar-refractivity contribution in [2.45, 2.75) is 40.2 Å². The fourth-order valence-corrected chi connectivity index (χ4v) is 1.96. The minimum Gasteiger partial charge on any atom is -0.496 e. The summed E-state index contributed by atoms with van der Waals surface area (Å²) in [4.78, 5) is 0. The van der Waals surface area contributed by atoms with E-state index in [0.29, 0.717) is 12.5 Å². The molecule has 0 aromatic heterocycles. The van der Waals surface area contributed by atoms with Crippen molar-refractivity contribution in [2.75, 3.05) is 20.2 Å². The van der Waals surface area contributed by atoms with E-state index >= 15 is 0 Å². The molecule has 3 heteroatoms. The summed E-state index contributed by atoms with van der Waals surface area (Å²) >= 11 is 0. The van der Waals surface area contributed by atoms with Crippen LogP contribution in [0.1, 0.15) is 44.7 Å². The van der Waals surface area contributed by atoms with Gasteiger partial charge in [-0.2, -0.15) is 0 Å². The second kappa shape index (κ2) is 6.92. The summed E-state index contributed by atoms with van der Waals surface area (Å²) in [7, 11) is 1.73. The van der Waals surface area contributed by atoms with E-state index in [1.807, 2.05) is 0 Å². The Kier molecular flexibility index (Phi) is 5.83. The van der Waals surface area contributed by atoms with E-state index in [1.54, 1.807) is 7.11 Å². The van der Waals surface area contributed by atoms with Gasteiger partial charge in [-0.1, -0.05) is 39.8 Å². The maximum absolute atomic E-state index is 5.73. The molecular weight excluding hydrogens is 236 g/mol. The number of hydrogen-bond donors (Lipinski definition) is 2. The minimum atomic E-state index is 0.146. The predicted octanol–water partition coefficient (Wildman–Crippen LogP) is 2.89. The van der Waals surface area contributed by atoms with Crippen LogP contribution in [-0.2, 0) is 6.54 Å². The van der Waals surface area contributed by atoms with Gasteiger partial charge in [0.05, 0.1) is 7.11 Å². The molecule has 1 rings (SSSR count). The molecular formula is C16H28N2O. The van der Waals surface area contributed by atoms with Gasteiger partial charge in [-0.3, -0.25) is 0 Å². The first-order valence-corrected chi connectivity index (χ1v) is 6.97. The van der Waals surface area contributed by atoms with Crippen molar-refractivity contribution in [3.8, 4) is 5.75 Å². The second-order valence-electron chi connectivity index (χ2n) is 6.20. The fraction of sp³-hybridized carbons (Fsp3) is 0.625. The summed E-state index contributed by atoms with van der Waals surface area (Å²) in [5, 5.41) is 3.48. The Labute approximate surface area is 117 Å². The standard InChI is InChI=1S/C16H28N2O/c1-12(2)14-8-13(6-7-15(14)19-5)9-18-11-16(3,4)10-17/h6-8,12,18H,9-11,17H2,1-5H3. The SMILES string of the molecule is COc1ccc(CNCC(C)(C)CN)cc1C(C)C. The van der Waals surface area contributed by atoms with Crippen LogP contribution in [0.5, 0.6) is 5.75 Å². The molecule has 108 valence electrons. The van der Waals surface area contributed by atoms with E-state index in [0.717, 1.165) is 18.8 Å². The number of nitrogens with two attached hydrogens (primary N) is 1. The van der Waals surface area contributed by atoms with Crippen molar-refractivity contribution in [1.29, 1.82) is 0 Å². The molecule has 0 radical (unpaired) electrons. The lowest BCUT2D eigenvalue weighted by Crippen LogP contribution is -2.35. The van der Waals surface area contributed by atoms with E-state index in [4.69, 9.17) is 10.5 Å². The van der Waals surface area contributed by atoms with Gasteiger partial charge in [-0.05, 0) is 35.1 Å². The number of benzene rings is 1. The quantitative estimate of drug-likeness (QED) is 0.796. The van der Waals surface area contributed by atoms with Crippen LogP contribution in [0, 0.1) is 5.41 Å². The van der Waals surface area contributed by atoms with Gasteiger partial charge in [-0.15, -0.1) is 0 Å². The van der Waals surface area contributed by atoms with Crippen molar-refractivity contribution in [3.63, 3.8) is 0 Å². The largest absolute Gasteiger partial charge is 0.496 e. The summed E-state index contributed by atoms with van der Waals surface area (Å²) in [5.74, 6) is 1.44. The van der Waals surface area contributed by atoms with Gasteiger partial charge in [-0.25, -0.2) is 0 Å². The van der Waals surface area contributed by atoms with Crippen molar-refractivity contribution in [3.05, 3.63) is 29.3 Å². The van der Waals surface area contributed by atoms with E-state index in [1.165, 1.54) is 11.1 Å². The highest BCUT2D eigenvalue weighted by atomic mass is 16.5. The Morgan fingerprint density at radius 1 is 1.32 bits per heavy atom. The topological polar surface area (TPSA) is 47.3 Å². The van der Waals surface area contributed by atoms with Crippen LogP contribution in [0.3, 0.4) is 0 Å². The molecule has 19 heavy (non-hydrogen) atoms. The van der Waals surface area contributed by atoms with Crippen LogP contribution in [0.2, 0.25) is 0 Å². The molecule has 0 unspecified atom stereocenters. The Morgan fingerprint density at radius 3 is 2.53 bits per heavy atom. The van der Waals surface area contributed by atoms with E-state index in [-0.39, 0.29) is 5.41 Å². The smallest absolute Gasteiger partial charge is 0.122 e. The molecule has 0 amide bonds. The van der Waals surface area contributed by atoms with Crippen molar-refractivity contribution >= 4 is 0 Å². The molecule has 0 fully saturated rings. The first kappa shape index (κ1) is 16.0. The zero-order valence-corrected chi connectivity index (χ0v) is 12.9. The van der Waals surface area contributed by atoms with Crippen LogP contribution in [-0.4, -0.2) is 20.2 Å². The number of nitrogens with one attached hydrogen (secondary N) is 1. The molecule has 0 spiro atoms. The Balaban J connectivity index is 2.67. The van der Waals surface area contributed by atoms with Gasteiger partial charge in [0, 0.05) is 13.1 Å². The highest BCUT2D eigenvalue weighted by Gasteiger charge is 2.14. The van der Waals surface area contributed by atoms with E-state index < -0.39 is 0 Å². The predicted molar refractivity (Wildman–Crippen MR) is 81.6 cm³/mol. The lowest BCUT2D eigenvalue weighted by molar-refractivity contribution is 0.351. The van der Waals surface area contributed by atoms with Crippen LogP contribution in [0.15, 0.2) is 18.2 Å². The molecule has 3 nitrogen and oxygen atoms in total. The maximum atomic E-state index is 5.73. The van der Waals surface area contributed by atoms with Gasteiger partial charge < -0.3 is 15.8 Å². The molecule has 1 aromatic rings. The first-order valence-electron chi connectivity index (χ1n) is 6.97. The van der Waals surface area contributed by atoms with Crippen LogP contribution in [0.25, 0.3) is 0 Å². The van der Waals surface area contributed by atoms with E-state index in [2.05, 4.69) is 51.2 Å².